The molecule has 0 unspecified atom stereocenters. The third kappa shape index (κ3) is 1.56. The van der Waals surface area contributed by atoms with Crippen LogP contribution in [0.4, 0.5) is 10.5 Å². The largest absolute Gasteiger partial charge is 0.328 e. The van der Waals surface area contributed by atoms with E-state index in [1.807, 2.05) is 44.2 Å². The SMILES string of the molecule is CN=C1N(c2ccccc2)C(=O)NC1(C)C. The number of nitrogens with one attached hydrogen (secondary N) is 1. The molecule has 2 rings (SSSR count). The van der Waals surface area contributed by atoms with Crippen LogP contribution in [0.3, 0.4) is 0 Å². The van der Waals surface area contributed by atoms with Gasteiger partial charge in [-0.1, -0.05) is 18.2 Å². The van der Waals surface area contributed by atoms with E-state index >= 15 is 0 Å². The second-order valence-electron chi connectivity index (χ2n) is 4.27. The molecule has 0 aromatic heterocycles. The molecule has 1 saturated heterocycles. The Labute approximate surface area is 95.0 Å². The monoisotopic (exact) mass is 217 g/mol. The number of aliphatic imine (C=N–C) groups is 1. The van der Waals surface area contributed by atoms with Gasteiger partial charge in [0.15, 0.2) is 0 Å². The minimum absolute atomic E-state index is 0.128. The number of para-hydroxylation sites is 1. The quantitative estimate of drug-likeness (QED) is 0.768. The molecule has 0 spiro atoms. The Hall–Kier alpha value is -1.84. The summed E-state index contributed by atoms with van der Waals surface area (Å²) < 4.78 is 0. The summed E-state index contributed by atoms with van der Waals surface area (Å²) in [7, 11) is 1.70. The van der Waals surface area contributed by atoms with E-state index in [9.17, 15) is 4.79 Å². The van der Waals surface area contributed by atoms with Crippen LogP contribution in [0, 0.1) is 0 Å². The maximum atomic E-state index is 11.9. The lowest BCUT2D eigenvalue weighted by Crippen LogP contribution is -2.40. The maximum Gasteiger partial charge on any atom is 0.328 e. The molecule has 0 saturated carbocycles. The number of amidine groups is 1. The zero-order valence-electron chi connectivity index (χ0n) is 9.69. The molecule has 0 bridgehead atoms. The van der Waals surface area contributed by atoms with Crippen molar-refractivity contribution in [3.8, 4) is 0 Å². The van der Waals surface area contributed by atoms with Crippen LogP contribution in [0.5, 0.6) is 0 Å². The van der Waals surface area contributed by atoms with Crippen LogP contribution >= 0.6 is 0 Å². The van der Waals surface area contributed by atoms with E-state index in [0.717, 1.165) is 11.5 Å². The Morgan fingerprint density at radius 1 is 1.25 bits per heavy atom. The highest BCUT2D eigenvalue weighted by Gasteiger charge is 2.42. The molecule has 1 aliphatic heterocycles. The number of anilines is 1. The molecular formula is C12H15N3O. The summed E-state index contributed by atoms with van der Waals surface area (Å²) in [4.78, 5) is 17.7. The lowest BCUT2D eigenvalue weighted by molar-refractivity contribution is 0.249. The van der Waals surface area contributed by atoms with E-state index in [-0.39, 0.29) is 6.03 Å². The number of carbonyl (C=O) groups is 1. The van der Waals surface area contributed by atoms with E-state index < -0.39 is 5.54 Å². The Morgan fingerprint density at radius 3 is 2.44 bits per heavy atom. The number of benzene rings is 1. The molecule has 1 aromatic rings. The van der Waals surface area contributed by atoms with Gasteiger partial charge in [-0.15, -0.1) is 0 Å². The van der Waals surface area contributed by atoms with Gasteiger partial charge in [-0.05, 0) is 26.0 Å². The molecule has 2 amide bonds. The first-order valence-corrected chi connectivity index (χ1v) is 5.21. The van der Waals surface area contributed by atoms with Crippen molar-refractivity contribution in [3.63, 3.8) is 0 Å². The first kappa shape index (κ1) is 10.7. The zero-order valence-corrected chi connectivity index (χ0v) is 9.69. The molecule has 0 atom stereocenters. The van der Waals surface area contributed by atoms with Gasteiger partial charge in [-0.2, -0.15) is 0 Å². The van der Waals surface area contributed by atoms with E-state index in [1.165, 1.54) is 0 Å². The molecule has 84 valence electrons. The molecule has 0 aliphatic carbocycles. The number of urea groups is 1. The maximum absolute atomic E-state index is 11.9. The van der Waals surface area contributed by atoms with Crippen LogP contribution in [0.15, 0.2) is 35.3 Å². The van der Waals surface area contributed by atoms with E-state index in [4.69, 9.17) is 0 Å². The number of nitrogens with zero attached hydrogens (tertiary/aromatic N) is 2. The first-order chi connectivity index (χ1) is 7.56. The molecule has 1 N–H and O–H groups in total. The van der Waals surface area contributed by atoms with Crippen LogP contribution in [0.25, 0.3) is 0 Å². The Balaban J connectivity index is 2.46. The van der Waals surface area contributed by atoms with E-state index in [0.29, 0.717) is 0 Å². The van der Waals surface area contributed by atoms with Crippen molar-refractivity contribution in [2.24, 2.45) is 4.99 Å². The van der Waals surface area contributed by atoms with Gasteiger partial charge in [0.25, 0.3) is 0 Å². The fourth-order valence-corrected chi connectivity index (χ4v) is 1.95. The van der Waals surface area contributed by atoms with Crippen molar-refractivity contribution < 1.29 is 4.79 Å². The van der Waals surface area contributed by atoms with Gasteiger partial charge < -0.3 is 5.32 Å². The van der Waals surface area contributed by atoms with Crippen molar-refractivity contribution >= 4 is 17.6 Å². The summed E-state index contributed by atoms with van der Waals surface area (Å²) in [5.74, 6) is 0.740. The van der Waals surface area contributed by atoms with Crippen LogP contribution in [-0.2, 0) is 0 Å². The summed E-state index contributed by atoms with van der Waals surface area (Å²) in [5.41, 5.74) is 0.424. The lowest BCUT2D eigenvalue weighted by atomic mass is 10.1. The number of hydrogen-bond donors (Lipinski definition) is 1. The molecule has 4 nitrogen and oxygen atoms in total. The van der Waals surface area contributed by atoms with Gasteiger partial charge in [-0.25, -0.2) is 9.69 Å². The molecule has 0 radical (unpaired) electrons. The standard InChI is InChI=1S/C12H15N3O/c1-12(2)10(13-3)15(11(16)14-12)9-7-5-4-6-8-9/h4-8H,1-3H3,(H,14,16). The minimum Gasteiger partial charge on any atom is -0.325 e. The average molecular weight is 217 g/mol. The van der Waals surface area contributed by atoms with Crippen molar-refractivity contribution in [1.82, 2.24) is 5.32 Å². The molecule has 16 heavy (non-hydrogen) atoms. The van der Waals surface area contributed by atoms with Crippen LogP contribution in [0.1, 0.15) is 13.8 Å². The topological polar surface area (TPSA) is 44.7 Å². The molecule has 4 heteroatoms. The highest BCUT2D eigenvalue weighted by Crippen LogP contribution is 2.24. The van der Waals surface area contributed by atoms with Crippen molar-refractivity contribution in [3.05, 3.63) is 30.3 Å². The summed E-state index contributed by atoms with van der Waals surface area (Å²) in [6, 6.07) is 9.39. The molecule has 1 heterocycles. The van der Waals surface area contributed by atoms with Gasteiger partial charge in [0.05, 0.1) is 11.2 Å². The van der Waals surface area contributed by atoms with Gasteiger partial charge in [0.2, 0.25) is 0 Å². The third-order valence-corrected chi connectivity index (χ3v) is 2.62. The van der Waals surface area contributed by atoms with E-state index in [2.05, 4.69) is 10.3 Å². The van der Waals surface area contributed by atoms with Gasteiger partial charge in [-0.3, -0.25) is 4.99 Å². The third-order valence-electron chi connectivity index (χ3n) is 2.62. The Morgan fingerprint density at radius 2 is 1.88 bits per heavy atom. The Kier molecular flexibility index (Phi) is 2.42. The fourth-order valence-electron chi connectivity index (χ4n) is 1.95. The number of hydrogen-bond acceptors (Lipinski definition) is 2. The smallest absolute Gasteiger partial charge is 0.325 e. The zero-order chi connectivity index (χ0) is 11.8. The van der Waals surface area contributed by atoms with Gasteiger partial charge >= 0.3 is 6.03 Å². The Bertz CT molecular complexity index is 437. The van der Waals surface area contributed by atoms with Crippen LogP contribution < -0.4 is 10.2 Å². The minimum atomic E-state index is -0.415. The second-order valence-corrected chi connectivity index (χ2v) is 4.27. The van der Waals surface area contributed by atoms with Gasteiger partial charge in [0.1, 0.15) is 5.84 Å². The fraction of sp³-hybridized carbons (Fsp3) is 0.333. The molecular weight excluding hydrogens is 202 g/mol. The highest BCUT2D eigenvalue weighted by atomic mass is 16.2. The number of amides is 2. The summed E-state index contributed by atoms with van der Waals surface area (Å²) in [5, 5.41) is 2.90. The predicted octanol–water partition coefficient (Wildman–Crippen LogP) is 2.02. The molecule has 1 aliphatic rings. The van der Waals surface area contributed by atoms with Crippen LogP contribution in [-0.4, -0.2) is 24.5 Å². The lowest BCUT2D eigenvalue weighted by Gasteiger charge is -2.20. The number of rotatable bonds is 1. The van der Waals surface area contributed by atoms with Crippen molar-refractivity contribution in [1.29, 1.82) is 0 Å². The average Bonchev–Trinajstić information content (AvgIpc) is 2.48. The molecule has 1 fully saturated rings. The van der Waals surface area contributed by atoms with Crippen molar-refractivity contribution in [2.75, 3.05) is 11.9 Å². The number of carbonyl (C=O) groups excluding carboxylic acids is 1. The van der Waals surface area contributed by atoms with Crippen LogP contribution in [0.2, 0.25) is 0 Å². The molecule has 1 aromatic carbocycles. The summed E-state index contributed by atoms with van der Waals surface area (Å²) in [6.45, 7) is 3.88. The normalized spacial score (nSPS) is 21.3. The van der Waals surface area contributed by atoms with Gasteiger partial charge in [0, 0.05) is 7.05 Å². The second kappa shape index (κ2) is 3.63. The van der Waals surface area contributed by atoms with E-state index in [1.54, 1.807) is 11.9 Å². The highest BCUT2D eigenvalue weighted by molar-refractivity contribution is 6.25. The first-order valence-electron chi connectivity index (χ1n) is 5.21. The summed E-state index contributed by atoms with van der Waals surface area (Å²) in [6.07, 6.45) is 0. The van der Waals surface area contributed by atoms with Crippen molar-refractivity contribution in [2.45, 2.75) is 19.4 Å². The summed E-state index contributed by atoms with van der Waals surface area (Å²) >= 11 is 0. The predicted molar refractivity (Wildman–Crippen MR) is 64.9 cm³/mol.